The van der Waals surface area contributed by atoms with Crippen LogP contribution in [0.15, 0.2) is 42.5 Å². The van der Waals surface area contributed by atoms with Crippen LogP contribution in [0, 0.1) is 10.1 Å². The molecule has 1 fully saturated rings. The number of nitrogens with one attached hydrogen (secondary N) is 2. The number of piperazine rings is 1. The number of non-ortho nitro benzene ring substituents is 1. The summed E-state index contributed by atoms with van der Waals surface area (Å²) in [5, 5.41) is 16.8. The third-order valence-electron chi connectivity index (χ3n) is 4.78. The number of nitro groups is 1. The first kappa shape index (κ1) is 23.0. The lowest BCUT2D eigenvalue weighted by Gasteiger charge is -2.33. The molecule has 0 saturated carbocycles. The summed E-state index contributed by atoms with van der Waals surface area (Å²) >= 11 is 12.1. The molecule has 0 aromatic heterocycles. The van der Waals surface area contributed by atoms with Crippen molar-refractivity contribution in [1.82, 2.24) is 9.80 Å². The zero-order valence-electron chi connectivity index (χ0n) is 16.5. The summed E-state index contributed by atoms with van der Waals surface area (Å²) in [7, 11) is 0. The van der Waals surface area contributed by atoms with Crippen LogP contribution in [0.1, 0.15) is 0 Å². The smallest absolute Gasteiger partial charge is 0.271 e. The number of nitrogens with zero attached hydrogens (tertiary/aromatic N) is 3. The third-order valence-corrected chi connectivity index (χ3v) is 5.43. The Morgan fingerprint density at radius 1 is 0.871 bits per heavy atom. The van der Waals surface area contributed by atoms with Gasteiger partial charge in [0.05, 0.1) is 39.4 Å². The van der Waals surface area contributed by atoms with E-state index in [-0.39, 0.29) is 35.6 Å². The normalized spacial score (nSPS) is 14.8. The van der Waals surface area contributed by atoms with Gasteiger partial charge in [-0.15, -0.1) is 0 Å². The van der Waals surface area contributed by atoms with Crippen molar-refractivity contribution in [3.8, 4) is 0 Å². The van der Waals surface area contributed by atoms with Crippen LogP contribution in [-0.4, -0.2) is 65.8 Å². The largest absolute Gasteiger partial charge is 0.324 e. The van der Waals surface area contributed by atoms with E-state index in [9.17, 15) is 19.7 Å². The Kier molecular flexibility index (Phi) is 7.80. The van der Waals surface area contributed by atoms with E-state index in [0.29, 0.717) is 42.6 Å². The summed E-state index contributed by atoms with van der Waals surface area (Å²) in [6.07, 6.45) is 0. The summed E-state index contributed by atoms with van der Waals surface area (Å²) < 4.78 is 0. The Bertz CT molecular complexity index is 980. The van der Waals surface area contributed by atoms with E-state index in [1.165, 1.54) is 18.2 Å². The van der Waals surface area contributed by atoms with Crippen molar-refractivity contribution < 1.29 is 14.5 Å². The molecule has 164 valence electrons. The van der Waals surface area contributed by atoms with Gasteiger partial charge in [0.1, 0.15) is 0 Å². The Morgan fingerprint density at radius 3 is 1.87 bits per heavy atom. The van der Waals surface area contributed by atoms with Gasteiger partial charge in [-0.1, -0.05) is 35.3 Å². The molecule has 11 heteroatoms. The van der Waals surface area contributed by atoms with Gasteiger partial charge >= 0.3 is 0 Å². The molecule has 3 rings (SSSR count). The van der Waals surface area contributed by atoms with Crippen LogP contribution < -0.4 is 10.6 Å². The van der Waals surface area contributed by atoms with Crippen LogP contribution in [0.3, 0.4) is 0 Å². The van der Waals surface area contributed by atoms with Crippen LogP contribution in [0.2, 0.25) is 10.0 Å². The first-order chi connectivity index (χ1) is 14.8. The number of halogens is 2. The second-order valence-corrected chi connectivity index (χ2v) is 7.86. The second kappa shape index (κ2) is 10.5. The first-order valence-electron chi connectivity index (χ1n) is 9.54. The number of para-hydroxylation sites is 1. The number of hydrogen-bond acceptors (Lipinski definition) is 6. The summed E-state index contributed by atoms with van der Waals surface area (Å²) in [4.78, 5) is 38.8. The van der Waals surface area contributed by atoms with Crippen molar-refractivity contribution in [2.75, 3.05) is 49.9 Å². The van der Waals surface area contributed by atoms with Gasteiger partial charge in [0.15, 0.2) is 0 Å². The number of amides is 2. The molecule has 2 aromatic rings. The number of nitro benzene ring substituents is 1. The predicted molar refractivity (Wildman–Crippen MR) is 120 cm³/mol. The van der Waals surface area contributed by atoms with Gasteiger partial charge in [0, 0.05) is 38.3 Å². The first-order valence-corrected chi connectivity index (χ1v) is 10.3. The fourth-order valence-electron chi connectivity index (χ4n) is 3.17. The Morgan fingerprint density at radius 2 is 1.39 bits per heavy atom. The summed E-state index contributed by atoms with van der Waals surface area (Å²) in [5.74, 6) is -0.409. The average Bonchev–Trinajstić information content (AvgIpc) is 2.72. The zero-order valence-corrected chi connectivity index (χ0v) is 18.0. The highest BCUT2D eigenvalue weighted by Gasteiger charge is 2.21. The Balaban J connectivity index is 1.42. The lowest BCUT2D eigenvalue weighted by Crippen LogP contribution is -2.50. The molecular weight excluding hydrogens is 445 g/mol. The van der Waals surface area contributed by atoms with Gasteiger partial charge in [0.2, 0.25) is 11.8 Å². The fraction of sp³-hybridized carbons (Fsp3) is 0.300. The Hall–Kier alpha value is -2.72. The summed E-state index contributed by atoms with van der Waals surface area (Å²) in [5.41, 5.74) is 0.763. The highest BCUT2D eigenvalue weighted by Crippen LogP contribution is 2.26. The van der Waals surface area contributed by atoms with Gasteiger partial charge in [-0.25, -0.2) is 0 Å². The Labute approximate surface area is 189 Å². The van der Waals surface area contributed by atoms with Crippen LogP contribution in [0.25, 0.3) is 0 Å². The van der Waals surface area contributed by atoms with E-state index in [1.54, 1.807) is 24.3 Å². The minimum atomic E-state index is -0.550. The summed E-state index contributed by atoms with van der Waals surface area (Å²) in [6.45, 7) is 2.93. The van der Waals surface area contributed by atoms with Crippen LogP contribution in [0.5, 0.6) is 0 Å². The molecule has 0 radical (unpaired) electrons. The minimum absolute atomic E-state index is 0.108. The van der Waals surface area contributed by atoms with Crippen molar-refractivity contribution in [3.63, 3.8) is 0 Å². The van der Waals surface area contributed by atoms with Gasteiger partial charge in [0.25, 0.3) is 5.69 Å². The van der Waals surface area contributed by atoms with E-state index in [4.69, 9.17) is 23.2 Å². The zero-order chi connectivity index (χ0) is 22.4. The molecule has 1 aliphatic rings. The van der Waals surface area contributed by atoms with Crippen molar-refractivity contribution >= 4 is 52.1 Å². The SMILES string of the molecule is O=C(CN1CCN(CC(=O)Nc2ccc([N+](=O)[O-])cc2Cl)CC1)Nc1ccccc1Cl. The maximum atomic E-state index is 12.3. The lowest BCUT2D eigenvalue weighted by molar-refractivity contribution is -0.384. The quantitative estimate of drug-likeness (QED) is 0.480. The molecule has 2 aromatic carbocycles. The maximum Gasteiger partial charge on any atom is 0.271 e. The third kappa shape index (κ3) is 6.63. The van der Waals surface area contributed by atoms with E-state index in [0.717, 1.165) is 0 Å². The highest BCUT2D eigenvalue weighted by molar-refractivity contribution is 6.34. The predicted octanol–water partition coefficient (Wildman–Crippen LogP) is 3.10. The number of rotatable bonds is 7. The molecule has 2 amide bonds. The number of carbonyl (C=O) groups is 2. The van der Waals surface area contributed by atoms with Crippen LogP contribution in [0.4, 0.5) is 17.1 Å². The number of hydrogen-bond donors (Lipinski definition) is 2. The molecule has 0 aliphatic carbocycles. The van der Waals surface area contributed by atoms with Crippen LogP contribution in [-0.2, 0) is 9.59 Å². The average molecular weight is 466 g/mol. The van der Waals surface area contributed by atoms with E-state index >= 15 is 0 Å². The van der Waals surface area contributed by atoms with Crippen molar-refractivity contribution in [2.45, 2.75) is 0 Å². The molecule has 31 heavy (non-hydrogen) atoms. The second-order valence-electron chi connectivity index (χ2n) is 7.05. The maximum absolute atomic E-state index is 12.3. The molecule has 1 aliphatic heterocycles. The van der Waals surface area contributed by atoms with Gasteiger partial charge < -0.3 is 10.6 Å². The number of benzene rings is 2. The summed E-state index contributed by atoms with van der Waals surface area (Å²) in [6, 6.07) is 10.9. The molecule has 0 bridgehead atoms. The van der Waals surface area contributed by atoms with E-state index in [2.05, 4.69) is 10.6 Å². The molecule has 0 atom stereocenters. The van der Waals surface area contributed by atoms with Gasteiger partial charge in [-0.05, 0) is 18.2 Å². The van der Waals surface area contributed by atoms with Gasteiger partial charge in [-0.2, -0.15) is 0 Å². The number of carbonyl (C=O) groups excluding carboxylic acids is 2. The van der Waals surface area contributed by atoms with E-state index in [1.807, 2.05) is 9.80 Å². The van der Waals surface area contributed by atoms with E-state index < -0.39 is 4.92 Å². The van der Waals surface area contributed by atoms with Crippen molar-refractivity contribution in [3.05, 3.63) is 62.6 Å². The molecule has 2 N–H and O–H groups in total. The van der Waals surface area contributed by atoms with Crippen LogP contribution >= 0.6 is 23.2 Å². The lowest BCUT2D eigenvalue weighted by atomic mass is 10.2. The highest BCUT2D eigenvalue weighted by atomic mass is 35.5. The molecule has 1 saturated heterocycles. The van der Waals surface area contributed by atoms with Crippen molar-refractivity contribution in [2.24, 2.45) is 0 Å². The molecule has 0 unspecified atom stereocenters. The monoisotopic (exact) mass is 465 g/mol. The van der Waals surface area contributed by atoms with Crippen molar-refractivity contribution in [1.29, 1.82) is 0 Å². The standard InChI is InChI=1S/C20H21Cl2N5O4/c21-15-3-1-2-4-17(15)23-19(28)12-25-7-9-26(10-8-25)13-20(29)24-18-6-5-14(27(30)31)11-16(18)22/h1-6,11H,7-10,12-13H2,(H,23,28)(H,24,29). The molecule has 1 heterocycles. The minimum Gasteiger partial charge on any atom is -0.324 e. The molecule has 9 nitrogen and oxygen atoms in total. The number of anilines is 2. The fourth-order valence-corrected chi connectivity index (χ4v) is 3.58. The molecular formula is C20H21Cl2N5O4. The molecule has 0 spiro atoms. The van der Waals surface area contributed by atoms with Gasteiger partial charge in [-0.3, -0.25) is 29.5 Å². The topological polar surface area (TPSA) is 108 Å².